The van der Waals surface area contributed by atoms with Gasteiger partial charge in [0.1, 0.15) is 0 Å². The van der Waals surface area contributed by atoms with Crippen molar-refractivity contribution in [3.8, 4) is 0 Å². The molecule has 1 aliphatic carbocycles. The Bertz CT molecular complexity index is 247. The van der Waals surface area contributed by atoms with Gasteiger partial charge in [0.05, 0.1) is 0 Å². The van der Waals surface area contributed by atoms with E-state index in [0.717, 1.165) is 24.7 Å². The van der Waals surface area contributed by atoms with E-state index < -0.39 is 0 Å². The van der Waals surface area contributed by atoms with E-state index >= 15 is 0 Å². The monoisotopic (exact) mass is 194 g/mol. The quantitative estimate of drug-likeness (QED) is 0.359. The van der Waals surface area contributed by atoms with Gasteiger partial charge in [0.15, 0.2) is 0 Å². The van der Waals surface area contributed by atoms with E-state index in [-0.39, 0.29) is 6.04 Å². The van der Waals surface area contributed by atoms with Crippen LogP contribution in [0.2, 0.25) is 0 Å². The molecule has 0 spiro atoms. The van der Waals surface area contributed by atoms with Gasteiger partial charge >= 0.3 is 0 Å². The molecule has 0 N–H and O–H groups in total. The molecule has 4 heteroatoms. The van der Waals surface area contributed by atoms with Crippen molar-refractivity contribution in [1.29, 1.82) is 0 Å². The highest BCUT2D eigenvalue weighted by Gasteiger charge is 2.33. The third-order valence-electron chi connectivity index (χ3n) is 3.75. The molecule has 0 aromatic carbocycles. The van der Waals surface area contributed by atoms with Gasteiger partial charge in [0, 0.05) is 17.5 Å². The average Bonchev–Trinajstić information content (AvgIpc) is 2.19. The molecule has 0 bridgehead atoms. The molecule has 2 fully saturated rings. The van der Waals surface area contributed by atoms with E-state index in [1.54, 1.807) is 0 Å². The molecule has 0 aromatic rings. The van der Waals surface area contributed by atoms with Crippen LogP contribution in [0.1, 0.15) is 25.7 Å². The number of azide groups is 1. The van der Waals surface area contributed by atoms with Gasteiger partial charge in [-0.1, -0.05) is 5.11 Å². The lowest BCUT2D eigenvalue weighted by Crippen LogP contribution is -2.41. The Morgan fingerprint density at radius 3 is 2.93 bits per heavy atom. The van der Waals surface area contributed by atoms with E-state index in [2.05, 4.69) is 22.0 Å². The van der Waals surface area contributed by atoms with E-state index in [9.17, 15) is 0 Å². The number of hydrogen-bond acceptors (Lipinski definition) is 2. The predicted octanol–water partition coefficient (Wildman–Crippen LogP) is 2.42. The SMILES string of the molecule is CN1CCC2CC(N=[N+]=[N-])CCC2C1. The van der Waals surface area contributed by atoms with Crippen LogP contribution in [0.3, 0.4) is 0 Å². The minimum absolute atomic E-state index is 0.282. The number of piperidine rings is 1. The van der Waals surface area contributed by atoms with Crippen molar-refractivity contribution in [2.24, 2.45) is 17.0 Å². The summed E-state index contributed by atoms with van der Waals surface area (Å²) >= 11 is 0. The van der Waals surface area contributed by atoms with Crippen LogP contribution in [0.25, 0.3) is 10.4 Å². The van der Waals surface area contributed by atoms with Crippen molar-refractivity contribution in [3.63, 3.8) is 0 Å². The zero-order valence-electron chi connectivity index (χ0n) is 8.76. The molecule has 1 saturated heterocycles. The molecule has 2 rings (SSSR count). The van der Waals surface area contributed by atoms with Gasteiger partial charge in [-0.3, -0.25) is 0 Å². The summed E-state index contributed by atoms with van der Waals surface area (Å²) in [7, 11) is 2.20. The Hall–Kier alpha value is -0.730. The number of fused-ring (bicyclic) bond motifs is 1. The van der Waals surface area contributed by atoms with Gasteiger partial charge in [-0.15, -0.1) is 0 Å². The van der Waals surface area contributed by atoms with Crippen LogP contribution in [0.4, 0.5) is 0 Å². The fraction of sp³-hybridized carbons (Fsp3) is 1.00. The largest absolute Gasteiger partial charge is 0.306 e. The first-order valence-corrected chi connectivity index (χ1v) is 5.52. The molecule has 2 aliphatic rings. The summed E-state index contributed by atoms with van der Waals surface area (Å²) in [5.74, 6) is 1.68. The maximum atomic E-state index is 8.41. The first-order chi connectivity index (χ1) is 6.79. The molecule has 0 radical (unpaired) electrons. The summed E-state index contributed by atoms with van der Waals surface area (Å²) in [4.78, 5) is 5.35. The molecule has 4 nitrogen and oxygen atoms in total. The average molecular weight is 194 g/mol. The van der Waals surface area contributed by atoms with Crippen molar-refractivity contribution >= 4 is 0 Å². The zero-order chi connectivity index (χ0) is 9.97. The Morgan fingerprint density at radius 1 is 1.29 bits per heavy atom. The minimum atomic E-state index is 0.282. The van der Waals surface area contributed by atoms with Gasteiger partial charge < -0.3 is 4.90 Å². The molecule has 3 atom stereocenters. The standard InChI is InChI=1S/C10H18N4/c1-14-5-4-8-6-10(12-13-11)3-2-9(8)7-14/h8-10H,2-7H2,1H3. The normalized spacial score (nSPS) is 38.5. The molecule has 78 valence electrons. The second-order valence-electron chi connectivity index (χ2n) is 4.74. The van der Waals surface area contributed by atoms with Crippen molar-refractivity contribution < 1.29 is 0 Å². The van der Waals surface area contributed by atoms with Crippen molar-refractivity contribution in [1.82, 2.24) is 4.90 Å². The zero-order valence-corrected chi connectivity index (χ0v) is 8.76. The molecule has 1 heterocycles. The summed E-state index contributed by atoms with van der Waals surface area (Å²) in [6.45, 7) is 2.46. The Labute approximate surface area is 84.9 Å². The van der Waals surface area contributed by atoms with Crippen molar-refractivity contribution in [2.75, 3.05) is 20.1 Å². The van der Waals surface area contributed by atoms with Crippen LogP contribution in [0.15, 0.2) is 5.11 Å². The molecule has 1 saturated carbocycles. The van der Waals surface area contributed by atoms with Gasteiger partial charge in [-0.25, -0.2) is 0 Å². The summed E-state index contributed by atoms with van der Waals surface area (Å²) in [5, 5.41) is 3.86. The van der Waals surface area contributed by atoms with Gasteiger partial charge in [-0.05, 0) is 56.6 Å². The summed E-state index contributed by atoms with van der Waals surface area (Å²) in [5.41, 5.74) is 8.41. The number of nitrogens with zero attached hydrogens (tertiary/aromatic N) is 4. The highest BCUT2D eigenvalue weighted by atomic mass is 15.2. The number of likely N-dealkylation sites (tertiary alicyclic amines) is 1. The minimum Gasteiger partial charge on any atom is -0.306 e. The lowest BCUT2D eigenvalue weighted by Gasteiger charge is -2.41. The fourth-order valence-electron chi connectivity index (χ4n) is 2.95. The summed E-state index contributed by atoms with van der Waals surface area (Å²) in [6, 6.07) is 0.282. The molecular weight excluding hydrogens is 176 g/mol. The molecule has 1 aliphatic heterocycles. The number of hydrogen-bond donors (Lipinski definition) is 0. The molecule has 0 amide bonds. The molecular formula is C10H18N4. The van der Waals surface area contributed by atoms with Crippen LogP contribution in [0.5, 0.6) is 0 Å². The summed E-state index contributed by atoms with van der Waals surface area (Å²) in [6.07, 6.45) is 4.76. The second kappa shape index (κ2) is 4.20. The third-order valence-corrected chi connectivity index (χ3v) is 3.75. The van der Waals surface area contributed by atoms with Crippen LogP contribution < -0.4 is 0 Å². The Kier molecular flexibility index (Phi) is 2.94. The van der Waals surface area contributed by atoms with E-state index in [1.807, 2.05) is 0 Å². The second-order valence-corrected chi connectivity index (χ2v) is 4.74. The van der Waals surface area contributed by atoms with Crippen LogP contribution in [-0.2, 0) is 0 Å². The van der Waals surface area contributed by atoms with Gasteiger partial charge in [0.2, 0.25) is 0 Å². The third kappa shape index (κ3) is 2.02. The first kappa shape index (κ1) is 9.81. The lowest BCUT2D eigenvalue weighted by molar-refractivity contribution is 0.0968. The van der Waals surface area contributed by atoms with Gasteiger partial charge in [-0.2, -0.15) is 0 Å². The Balaban J connectivity index is 1.94. The molecule has 3 unspecified atom stereocenters. The highest BCUT2D eigenvalue weighted by molar-refractivity contribution is 4.88. The molecule has 14 heavy (non-hydrogen) atoms. The van der Waals surface area contributed by atoms with E-state index in [1.165, 1.54) is 25.9 Å². The maximum absolute atomic E-state index is 8.41. The smallest absolute Gasteiger partial charge is 0.0377 e. The Morgan fingerprint density at radius 2 is 2.14 bits per heavy atom. The van der Waals surface area contributed by atoms with Crippen LogP contribution in [-0.4, -0.2) is 31.1 Å². The van der Waals surface area contributed by atoms with E-state index in [0.29, 0.717) is 0 Å². The number of rotatable bonds is 1. The fourth-order valence-corrected chi connectivity index (χ4v) is 2.95. The maximum Gasteiger partial charge on any atom is 0.0377 e. The van der Waals surface area contributed by atoms with Crippen LogP contribution >= 0.6 is 0 Å². The topological polar surface area (TPSA) is 52.0 Å². The lowest BCUT2D eigenvalue weighted by atomic mass is 9.73. The van der Waals surface area contributed by atoms with Crippen molar-refractivity contribution in [2.45, 2.75) is 31.7 Å². The first-order valence-electron chi connectivity index (χ1n) is 5.52. The van der Waals surface area contributed by atoms with E-state index in [4.69, 9.17) is 5.53 Å². The van der Waals surface area contributed by atoms with Crippen LogP contribution in [0, 0.1) is 11.8 Å². The summed E-state index contributed by atoms with van der Waals surface area (Å²) < 4.78 is 0. The van der Waals surface area contributed by atoms with Gasteiger partial charge in [0.25, 0.3) is 0 Å². The highest BCUT2D eigenvalue weighted by Crippen LogP contribution is 2.36. The molecule has 0 aromatic heterocycles. The predicted molar refractivity (Wildman–Crippen MR) is 55.9 cm³/mol. The van der Waals surface area contributed by atoms with Crippen molar-refractivity contribution in [3.05, 3.63) is 10.4 Å².